The van der Waals surface area contributed by atoms with Gasteiger partial charge in [0, 0.05) is 12.1 Å². The maximum atomic E-state index is 10.4. The van der Waals surface area contributed by atoms with Crippen LogP contribution in [0.15, 0.2) is 0 Å². The van der Waals surface area contributed by atoms with Crippen LogP contribution in [-0.4, -0.2) is 42.5 Å². The predicted octanol–water partition coefficient (Wildman–Crippen LogP) is 0.405. The first kappa shape index (κ1) is 14.8. The van der Waals surface area contributed by atoms with Gasteiger partial charge in [-0.15, -0.1) is 0 Å². The maximum absolute atomic E-state index is 10.4. The Kier molecular flexibility index (Phi) is 6.35. The molecule has 0 rings (SSSR count). The highest BCUT2D eigenvalue weighted by Crippen LogP contribution is 2.10. The highest BCUT2D eigenvalue weighted by atomic mass is 32.2. The van der Waals surface area contributed by atoms with E-state index >= 15 is 0 Å². The second-order valence-electron chi connectivity index (χ2n) is 4.28. The molecule has 0 unspecified atom stereocenters. The summed E-state index contributed by atoms with van der Waals surface area (Å²) in [5, 5.41) is 11.8. The van der Waals surface area contributed by atoms with Gasteiger partial charge in [0.05, 0.1) is 5.75 Å². The molecule has 0 heterocycles. The van der Waals surface area contributed by atoms with E-state index in [1.807, 2.05) is 13.8 Å². The molecule has 0 saturated carbocycles. The van der Waals surface area contributed by atoms with E-state index in [-0.39, 0.29) is 17.9 Å². The fraction of sp³-hybridized carbons (Fsp3) is 1.00. The van der Waals surface area contributed by atoms with Crippen molar-refractivity contribution in [3.8, 4) is 0 Å². The number of nitrogens with one attached hydrogen (secondary N) is 1. The van der Waals surface area contributed by atoms with Crippen molar-refractivity contribution >= 4 is 10.1 Å². The Hall–Kier alpha value is -0.170. The van der Waals surface area contributed by atoms with Crippen molar-refractivity contribution in [2.75, 3.05) is 18.9 Å². The third-order valence-electron chi connectivity index (χ3n) is 2.14. The monoisotopic (exact) mass is 239 g/mol. The van der Waals surface area contributed by atoms with Crippen molar-refractivity contribution < 1.29 is 18.1 Å². The molecule has 0 aromatic heterocycles. The summed E-state index contributed by atoms with van der Waals surface area (Å²) in [6, 6.07) is 0. The van der Waals surface area contributed by atoms with E-state index in [4.69, 9.17) is 9.66 Å². The first-order chi connectivity index (χ1) is 6.77. The summed E-state index contributed by atoms with van der Waals surface area (Å²) in [5.74, 6) is -0.212. The first-order valence-electron chi connectivity index (χ1n) is 5.08. The van der Waals surface area contributed by atoms with E-state index in [9.17, 15) is 8.42 Å². The van der Waals surface area contributed by atoms with Gasteiger partial charge in [-0.2, -0.15) is 8.42 Å². The summed E-state index contributed by atoms with van der Waals surface area (Å²) in [6.45, 7) is 4.69. The summed E-state index contributed by atoms with van der Waals surface area (Å²) < 4.78 is 29.3. The lowest BCUT2D eigenvalue weighted by Crippen LogP contribution is -2.40. The molecule has 15 heavy (non-hydrogen) atoms. The summed E-state index contributed by atoms with van der Waals surface area (Å²) in [4.78, 5) is 0. The molecule has 0 aromatic rings. The van der Waals surface area contributed by atoms with Gasteiger partial charge in [0.2, 0.25) is 0 Å². The topological polar surface area (TPSA) is 86.6 Å². The van der Waals surface area contributed by atoms with Crippen molar-refractivity contribution in [3.05, 3.63) is 0 Å². The van der Waals surface area contributed by atoms with E-state index in [2.05, 4.69) is 5.32 Å². The summed E-state index contributed by atoms with van der Waals surface area (Å²) in [6.07, 6.45) is 1.94. The van der Waals surface area contributed by atoms with E-state index in [1.165, 1.54) is 0 Å². The standard InChI is InChI=1S/C9H21NO4S/c1-9(2,5-3-7-11)10-6-4-8-15(12,13)14/h10-11H,3-8H2,1-2H3,(H,12,13,14). The van der Waals surface area contributed by atoms with Crippen molar-refractivity contribution in [1.29, 1.82) is 0 Å². The lowest BCUT2D eigenvalue weighted by Gasteiger charge is -2.26. The van der Waals surface area contributed by atoms with Crippen molar-refractivity contribution in [2.24, 2.45) is 0 Å². The van der Waals surface area contributed by atoms with Crippen LogP contribution in [0.5, 0.6) is 0 Å². The molecule has 0 saturated heterocycles. The second-order valence-corrected chi connectivity index (χ2v) is 5.85. The van der Waals surface area contributed by atoms with Crippen LogP contribution in [-0.2, 0) is 10.1 Å². The Bertz CT molecular complexity index is 261. The molecule has 0 fully saturated rings. The van der Waals surface area contributed by atoms with Crippen LogP contribution in [0.4, 0.5) is 0 Å². The largest absolute Gasteiger partial charge is 0.396 e. The molecule has 0 bridgehead atoms. The molecule has 6 heteroatoms. The first-order valence-corrected chi connectivity index (χ1v) is 6.69. The van der Waals surface area contributed by atoms with E-state index < -0.39 is 10.1 Å². The third kappa shape index (κ3) is 10.1. The number of hydrogen-bond donors (Lipinski definition) is 3. The molecule has 0 spiro atoms. The normalized spacial score (nSPS) is 13.1. The Labute approximate surface area is 91.6 Å². The zero-order valence-electron chi connectivity index (χ0n) is 9.36. The highest BCUT2D eigenvalue weighted by Gasteiger charge is 2.15. The Morgan fingerprint density at radius 1 is 1.27 bits per heavy atom. The fourth-order valence-corrected chi connectivity index (χ4v) is 1.80. The second kappa shape index (κ2) is 6.42. The van der Waals surface area contributed by atoms with Crippen LogP contribution in [0.2, 0.25) is 0 Å². The quantitative estimate of drug-likeness (QED) is 0.422. The molecule has 0 aromatic carbocycles. The summed E-state index contributed by atoms with van der Waals surface area (Å²) >= 11 is 0. The van der Waals surface area contributed by atoms with Gasteiger partial charge in [-0.1, -0.05) is 0 Å². The zero-order chi connectivity index (χ0) is 11.9. The van der Waals surface area contributed by atoms with Crippen LogP contribution < -0.4 is 5.32 Å². The maximum Gasteiger partial charge on any atom is 0.264 e. The van der Waals surface area contributed by atoms with Crippen LogP contribution in [0.3, 0.4) is 0 Å². The summed E-state index contributed by atoms with van der Waals surface area (Å²) in [7, 11) is -3.84. The lowest BCUT2D eigenvalue weighted by molar-refractivity contribution is 0.255. The smallest absolute Gasteiger partial charge is 0.264 e. The average molecular weight is 239 g/mol. The van der Waals surface area contributed by atoms with E-state index in [1.54, 1.807) is 0 Å². The molecule has 3 N–H and O–H groups in total. The van der Waals surface area contributed by atoms with Gasteiger partial charge in [0.25, 0.3) is 10.1 Å². The van der Waals surface area contributed by atoms with Crippen LogP contribution >= 0.6 is 0 Å². The SMILES string of the molecule is CC(C)(CCCO)NCCCS(=O)(=O)O. The van der Waals surface area contributed by atoms with Crippen molar-refractivity contribution in [2.45, 2.75) is 38.6 Å². The van der Waals surface area contributed by atoms with Gasteiger partial charge < -0.3 is 10.4 Å². The van der Waals surface area contributed by atoms with Gasteiger partial charge in [-0.05, 0) is 39.7 Å². The minimum Gasteiger partial charge on any atom is -0.396 e. The number of rotatable bonds is 8. The van der Waals surface area contributed by atoms with Crippen LogP contribution in [0, 0.1) is 0 Å². The zero-order valence-corrected chi connectivity index (χ0v) is 10.2. The predicted molar refractivity (Wildman–Crippen MR) is 59.4 cm³/mol. The molecule has 0 aliphatic carbocycles. The number of hydrogen-bond acceptors (Lipinski definition) is 4. The average Bonchev–Trinajstić information content (AvgIpc) is 2.08. The fourth-order valence-electron chi connectivity index (χ4n) is 1.29. The van der Waals surface area contributed by atoms with Gasteiger partial charge in [-0.3, -0.25) is 4.55 Å². The van der Waals surface area contributed by atoms with Crippen molar-refractivity contribution in [1.82, 2.24) is 5.32 Å². The number of aliphatic hydroxyl groups is 1. The molecule has 0 aliphatic rings. The molecule has 5 nitrogen and oxygen atoms in total. The van der Waals surface area contributed by atoms with Gasteiger partial charge in [-0.25, -0.2) is 0 Å². The van der Waals surface area contributed by atoms with E-state index in [0.717, 1.165) is 12.8 Å². The molecule has 0 radical (unpaired) electrons. The van der Waals surface area contributed by atoms with Crippen LogP contribution in [0.25, 0.3) is 0 Å². The minimum absolute atomic E-state index is 0.109. The van der Waals surface area contributed by atoms with Gasteiger partial charge >= 0.3 is 0 Å². The molecule has 92 valence electrons. The Morgan fingerprint density at radius 3 is 2.33 bits per heavy atom. The molecule has 0 amide bonds. The molecule has 0 atom stereocenters. The molecular formula is C9H21NO4S. The number of aliphatic hydroxyl groups excluding tert-OH is 1. The Morgan fingerprint density at radius 2 is 1.87 bits per heavy atom. The Balaban J connectivity index is 3.66. The molecule has 0 aliphatic heterocycles. The lowest BCUT2D eigenvalue weighted by atomic mass is 9.98. The van der Waals surface area contributed by atoms with Crippen LogP contribution in [0.1, 0.15) is 33.1 Å². The van der Waals surface area contributed by atoms with Gasteiger partial charge in [0.1, 0.15) is 0 Å². The van der Waals surface area contributed by atoms with E-state index in [0.29, 0.717) is 13.0 Å². The summed E-state index contributed by atoms with van der Waals surface area (Å²) in [5.41, 5.74) is -0.109. The van der Waals surface area contributed by atoms with Crippen molar-refractivity contribution in [3.63, 3.8) is 0 Å². The molecular weight excluding hydrogens is 218 g/mol. The van der Waals surface area contributed by atoms with Gasteiger partial charge in [0.15, 0.2) is 0 Å². The minimum atomic E-state index is -3.84. The third-order valence-corrected chi connectivity index (χ3v) is 2.95. The highest BCUT2D eigenvalue weighted by molar-refractivity contribution is 7.85.